The van der Waals surface area contributed by atoms with E-state index >= 15 is 0 Å². The van der Waals surface area contributed by atoms with Crippen LogP contribution in [0.5, 0.6) is 0 Å². The number of carbonyl (C=O) groups excluding carboxylic acids is 4. The fraction of sp³-hybridized carbons (Fsp3) is 0.810. The first-order valence-corrected chi connectivity index (χ1v) is 20.5. The van der Waals surface area contributed by atoms with E-state index in [1.165, 1.54) is 7.11 Å². The molecule has 3 aliphatic rings. The second-order valence-corrected chi connectivity index (χ2v) is 16.7. The predicted molar refractivity (Wildman–Crippen MR) is 210 cm³/mol. The van der Waals surface area contributed by atoms with Crippen molar-refractivity contribution in [3.63, 3.8) is 0 Å². The number of aldehydes is 1. The van der Waals surface area contributed by atoms with Gasteiger partial charge in [0, 0.05) is 32.8 Å². The highest BCUT2D eigenvalue weighted by Crippen LogP contribution is 2.38. The van der Waals surface area contributed by atoms with Gasteiger partial charge in [0.1, 0.15) is 42.4 Å². The molecule has 0 aromatic heterocycles. The normalized spacial score (nSPS) is 39.6. The first-order chi connectivity index (χ1) is 27.2. The third-order valence-electron chi connectivity index (χ3n) is 11.1. The predicted octanol–water partition coefficient (Wildman–Crippen LogP) is 3.01. The SMILES string of the molecule is CCC(=O)OC1CC(=O)OC(C)CC=CC=CC(O)C(C)CC(CC=O)C(OC2OC(C)C(OC3CC(C)(O)C(OC(=O)C(C)C)C(C)O3)C(N(C)C)C2O)C1OC. The Bertz CT molecular complexity index is 1390. The minimum atomic E-state index is -1.50. The summed E-state index contributed by atoms with van der Waals surface area (Å²) < 4.78 is 48.7. The van der Waals surface area contributed by atoms with Crippen molar-refractivity contribution < 1.29 is 72.4 Å². The van der Waals surface area contributed by atoms with Gasteiger partial charge in [-0.25, -0.2) is 0 Å². The summed E-state index contributed by atoms with van der Waals surface area (Å²) in [5.41, 5.74) is -1.50. The van der Waals surface area contributed by atoms with Gasteiger partial charge in [-0.2, -0.15) is 0 Å². The quantitative estimate of drug-likeness (QED) is 0.147. The maximum absolute atomic E-state index is 13.3. The van der Waals surface area contributed by atoms with Crippen molar-refractivity contribution >= 4 is 24.2 Å². The standard InChI is InChI=1S/C42H69NO15/c1-12-31(46)55-30-21-32(47)52-25(5)16-14-13-15-17-29(45)24(4)20-28(18-19-44)37(38(30)51-11)57-41-35(48)34(43(9)10)36(26(6)54-41)56-33-22-42(8,50)39(27(7)53-33)58-40(49)23(2)3/h13-15,17,19,23-30,33-39,41,45,48,50H,12,16,18,20-22H2,1-11H3. The molecule has 3 N–H and O–H groups in total. The third-order valence-corrected chi connectivity index (χ3v) is 11.1. The Hall–Kier alpha value is -2.80. The fourth-order valence-corrected chi connectivity index (χ4v) is 7.86. The molecule has 0 bridgehead atoms. The van der Waals surface area contributed by atoms with Crippen molar-refractivity contribution in [3.05, 3.63) is 24.3 Å². The van der Waals surface area contributed by atoms with Crippen molar-refractivity contribution in [2.45, 2.75) is 179 Å². The van der Waals surface area contributed by atoms with Crippen molar-refractivity contribution in [1.82, 2.24) is 4.90 Å². The lowest BCUT2D eigenvalue weighted by Gasteiger charge is -2.50. The van der Waals surface area contributed by atoms with Crippen LogP contribution >= 0.6 is 0 Å². The lowest BCUT2D eigenvalue weighted by atomic mass is 9.82. The molecule has 3 aliphatic heterocycles. The van der Waals surface area contributed by atoms with Crippen molar-refractivity contribution in [1.29, 1.82) is 0 Å². The summed E-state index contributed by atoms with van der Waals surface area (Å²) >= 11 is 0. The summed E-state index contributed by atoms with van der Waals surface area (Å²) in [5, 5.41) is 34.6. The highest BCUT2D eigenvalue weighted by molar-refractivity contribution is 5.73. The van der Waals surface area contributed by atoms with E-state index in [4.69, 9.17) is 37.9 Å². The van der Waals surface area contributed by atoms with Crippen LogP contribution in [0.3, 0.4) is 0 Å². The van der Waals surface area contributed by atoms with E-state index in [1.54, 1.807) is 85.7 Å². The summed E-state index contributed by atoms with van der Waals surface area (Å²) in [7, 11) is 4.87. The summed E-state index contributed by atoms with van der Waals surface area (Å²) in [4.78, 5) is 52.6. The van der Waals surface area contributed by atoms with Gasteiger partial charge in [0.25, 0.3) is 0 Å². The number of hydrogen-bond acceptors (Lipinski definition) is 16. The Morgan fingerprint density at radius 3 is 2.29 bits per heavy atom. The number of ether oxygens (including phenoxy) is 8. The molecule has 16 heteroatoms. The third kappa shape index (κ3) is 13.6. The number of carbonyl (C=O) groups is 4. The molecular formula is C42H69NO15. The summed E-state index contributed by atoms with van der Waals surface area (Å²) in [6, 6.07) is -0.782. The van der Waals surface area contributed by atoms with Crippen LogP contribution in [0, 0.1) is 17.8 Å². The molecule has 3 rings (SSSR count). The van der Waals surface area contributed by atoms with Crippen LogP contribution in [0.25, 0.3) is 0 Å². The molecule has 0 radical (unpaired) electrons. The van der Waals surface area contributed by atoms with Crippen molar-refractivity contribution in [2.75, 3.05) is 21.2 Å². The molecular weight excluding hydrogens is 758 g/mol. The van der Waals surface area contributed by atoms with Gasteiger partial charge in [-0.15, -0.1) is 0 Å². The van der Waals surface area contributed by atoms with Gasteiger partial charge in [0.15, 0.2) is 18.7 Å². The van der Waals surface area contributed by atoms with Crippen LogP contribution in [0.1, 0.15) is 93.9 Å². The van der Waals surface area contributed by atoms with E-state index in [9.17, 15) is 34.5 Å². The van der Waals surface area contributed by atoms with E-state index in [-0.39, 0.29) is 25.7 Å². The van der Waals surface area contributed by atoms with Gasteiger partial charge < -0.3 is 62.9 Å². The highest BCUT2D eigenvalue weighted by Gasteiger charge is 2.53. The lowest BCUT2D eigenvalue weighted by Crippen LogP contribution is -2.66. The summed E-state index contributed by atoms with van der Waals surface area (Å²) in [6.07, 6.45) is -4.28. The molecule has 0 amide bonds. The number of likely N-dealkylation sites (N-methyl/N-ethyl adjacent to an activating group) is 1. The van der Waals surface area contributed by atoms with Crippen LogP contribution in [0.4, 0.5) is 0 Å². The Morgan fingerprint density at radius 2 is 1.71 bits per heavy atom. The van der Waals surface area contributed by atoms with Crippen LogP contribution in [-0.2, 0) is 57.1 Å². The van der Waals surface area contributed by atoms with Crippen molar-refractivity contribution in [2.24, 2.45) is 17.8 Å². The van der Waals surface area contributed by atoms with E-state index in [0.29, 0.717) is 12.7 Å². The number of nitrogens with zero attached hydrogens (tertiary/aromatic N) is 1. The number of aliphatic hydroxyl groups is 3. The Balaban J connectivity index is 2.01. The molecule has 0 aromatic carbocycles. The second-order valence-electron chi connectivity index (χ2n) is 16.7. The molecule has 0 saturated carbocycles. The number of methoxy groups -OCH3 is 1. The molecule has 16 unspecified atom stereocenters. The largest absolute Gasteiger partial charge is 0.462 e. The first kappa shape index (κ1) is 49.6. The minimum absolute atomic E-state index is 0.00142. The second kappa shape index (κ2) is 22.7. The zero-order chi connectivity index (χ0) is 43.5. The lowest BCUT2D eigenvalue weighted by molar-refractivity contribution is -0.344. The Labute approximate surface area is 343 Å². The molecule has 2 fully saturated rings. The zero-order valence-corrected chi connectivity index (χ0v) is 36.1. The van der Waals surface area contributed by atoms with E-state index in [0.717, 1.165) is 0 Å². The summed E-state index contributed by atoms with van der Waals surface area (Å²) in [6.45, 7) is 13.5. The number of cyclic esters (lactones) is 1. The molecule has 0 spiro atoms. The van der Waals surface area contributed by atoms with Crippen molar-refractivity contribution in [3.8, 4) is 0 Å². The van der Waals surface area contributed by atoms with Gasteiger partial charge in [0.05, 0.1) is 42.8 Å². The first-order valence-electron chi connectivity index (χ1n) is 20.5. The maximum Gasteiger partial charge on any atom is 0.309 e. The van der Waals surface area contributed by atoms with E-state index in [2.05, 4.69) is 0 Å². The molecule has 2 saturated heterocycles. The minimum Gasteiger partial charge on any atom is -0.462 e. The smallest absolute Gasteiger partial charge is 0.309 e. The van der Waals surface area contributed by atoms with Gasteiger partial charge in [-0.3, -0.25) is 14.4 Å². The Kier molecular flexibility index (Phi) is 19.4. The molecule has 0 aliphatic carbocycles. The maximum atomic E-state index is 13.3. The zero-order valence-electron chi connectivity index (χ0n) is 36.1. The molecule has 3 heterocycles. The van der Waals surface area contributed by atoms with E-state index in [1.807, 2.05) is 13.0 Å². The number of esters is 3. The molecule has 58 heavy (non-hydrogen) atoms. The van der Waals surface area contributed by atoms with Crippen LogP contribution in [0.15, 0.2) is 24.3 Å². The fourth-order valence-electron chi connectivity index (χ4n) is 7.86. The number of allylic oxidation sites excluding steroid dienone is 2. The van der Waals surface area contributed by atoms with Crippen LogP contribution < -0.4 is 0 Å². The van der Waals surface area contributed by atoms with Gasteiger partial charge in [-0.05, 0) is 60.0 Å². The van der Waals surface area contributed by atoms with Gasteiger partial charge >= 0.3 is 17.9 Å². The highest BCUT2D eigenvalue weighted by atomic mass is 16.7. The number of hydrogen-bond donors (Lipinski definition) is 3. The van der Waals surface area contributed by atoms with E-state index < -0.39 is 127 Å². The monoisotopic (exact) mass is 827 g/mol. The average molecular weight is 828 g/mol. The van der Waals surface area contributed by atoms with Crippen LogP contribution in [0.2, 0.25) is 0 Å². The van der Waals surface area contributed by atoms with Gasteiger partial charge in [0.2, 0.25) is 0 Å². The average Bonchev–Trinajstić information content (AvgIpc) is 3.13. The summed E-state index contributed by atoms with van der Waals surface area (Å²) in [5.74, 6) is -3.23. The molecule has 332 valence electrons. The molecule has 16 atom stereocenters. The number of aliphatic hydroxyl groups excluding tert-OH is 2. The molecule has 0 aromatic rings. The number of rotatable bonds is 12. The Morgan fingerprint density at radius 1 is 1.02 bits per heavy atom. The van der Waals surface area contributed by atoms with Gasteiger partial charge in [-0.1, -0.05) is 52.0 Å². The molecule has 16 nitrogen and oxygen atoms in total. The van der Waals surface area contributed by atoms with Crippen LogP contribution in [-0.4, -0.2) is 151 Å². The topological polar surface area (TPSA) is 206 Å².